The molecule has 1 unspecified atom stereocenters. The van der Waals surface area contributed by atoms with Gasteiger partial charge in [-0.3, -0.25) is 9.59 Å². The summed E-state index contributed by atoms with van der Waals surface area (Å²) in [5, 5.41) is 20.0. The van der Waals surface area contributed by atoms with Crippen LogP contribution in [0.15, 0.2) is 12.1 Å². The van der Waals surface area contributed by atoms with Gasteiger partial charge in [0.05, 0.1) is 37.4 Å². The van der Waals surface area contributed by atoms with Gasteiger partial charge >= 0.3 is 12.1 Å². The number of carboxylic acid groups (broad SMARTS) is 1. The van der Waals surface area contributed by atoms with Crippen LogP contribution in [-0.2, 0) is 9.53 Å². The number of carbonyl (C=O) groups excluding carboxylic acids is 2. The Kier molecular flexibility index (Phi) is 6.30. The van der Waals surface area contributed by atoms with Crippen LogP contribution < -0.4 is 14.4 Å². The van der Waals surface area contributed by atoms with Gasteiger partial charge in [-0.2, -0.15) is 0 Å². The number of aliphatic hydroxyl groups is 1. The first kappa shape index (κ1) is 22.7. The standard InChI is InChI=1S/C21H28N2O8/c1-21(2,3)31-20(28)23-14-11-16(30-9-7-17(24)25)15(29-4)10-12(14)18(26)22-8-5-6-13(22)19(23)27/h10-11,13,19,27H,5-9H2,1-4H3,(H,24,25)/t13-,19?/m0/s1. The number of anilines is 1. The Labute approximate surface area is 180 Å². The van der Waals surface area contributed by atoms with E-state index in [0.29, 0.717) is 19.4 Å². The lowest BCUT2D eigenvalue weighted by Crippen LogP contribution is -2.51. The van der Waals surface area contributed by atoms with Crippen molar-refractivity contribution in [3.8, 4) is 11.5 Å². The predicted octanol–water partition coefficient (Wildman–Crippen LogP) is 2.23. The second kappa shape index (κ2) is 8.62. The smallest absolute Gasteiger partial charge is 0.417 e. The van der Waals surface area contributed by atoms with Gasteiger partial charge in [0.25, 0.3) is 5.91 Å². The van der Waals surface area contributed by atoms with E-state index in [1.54, 1.807) is 25.7 Å². The van der Waals surface area contributed by atoms with Crippen LogP contribution in [-0.4, -0.2) is 71.2 Å². The van der Waals surface area contributed by atoms with Crippen LogP contribution in [0, 0.1) is 0 Å². The summed E-state index contributed by atoms with van der Waals surface area (Å²) in [5.41, 5.74) is -0.542. The second-order valence-electron chi connectivity index (χ2n) is 8.48. The first-order chi connectivity index (χ1) is 14.5. The van der Waals surface area contributed by atoms with Crippen LogP contribution in [0.2, 0.25) is 0 Å². The van der Waals surface area contributed by atoms with Crippen molar-refractivity contribution in [2.75, 3.05) is 25.2 Å². The summed E-state index contributed by atoms with van der Waals surface area (Å²) in [6, 6.07) is 2.27. The minimum Gasteiger partial charge on any atom is -0.493 e. The number of nitrogens with zero attached hydrogens (tertiary/aromatic N) is 2. The number of aliphatic carboxylic acids is 1. The molecule has 2 aliphatic rings. The monoisotopic (exact) mass is 436 g/mol. The maximum absolute atomic E-state index is 13.3. The SMILES string of the molecule is COc1cc2c(cc1OCCC(=O)O)N(C(=O)OC(C)(C)C)C(O)[C@@H]1CCCN1C2=O. The summed E-state index contributed by atoms with van der Waals surface area (Å²) in [6.45, 7) is 5.44. The number of hydrogen-bond donors (Lipinski definition) is 2. The van der Waals surface area contributed by atoms with Crippen LogP contribution in [0.5, 0.6) is 11.5 Å². The molecule has 0 bridgehead atoms. The lowest BCUT2D eigenvalue weighted by Gasteiger charge is -2.33. The highest BCUT2D eigenvalue weighted by molar-refractivity contribution is 6.06. The average molecular weight is 436 g/mol. The second-order valence-corrected chi connectivity index (χ2v) is 8.48. The number of hydrogen-bond acceptors (Lipinski definition) is 7. The Morgan fingerprint density at radius 3 is 2.55 bits per heavy atom. The van der Waals surface area contributed by atoms with Gasteiger partial charge in [0.15, 0.2) is 17.7 Å². The lowest BCUT2D eigenvalue weighted by atomic mass is 10.1. The Morgan fingerprint density at radius 1 is 1.23 bits per heavy atom. The number of amides is 2. The number of rotatable bonds is 5. The third kappa shape index (κ3) is 4.68. The number of methoxy groups -OCH3 is 1. The Bertz CT molecular complexity index is 879. The lowest BCUT2D eigenvalue weighted by molar-refractivity contribution is -0.137. The molecule has 170 valence electrons. The van der Waals surface area contributed by atoms with Crippen molar-refractivity contribution >= 4 is 23.7 Å². The van der Waals surface area contributed by atoms with E-state index in [1.807, 2.05) is 0 Å². The van der Waals surface area contributed by atoms with Crippen molar-refractivity contribution in [1.29, 1.82) is 0 Å². The molecule has 2 heterocycles. The maximum Gasteiger partial charge on any atom is 0.417 e. The fourth-order valence-electron chi connectivity index (χ4n) is 3.78. The highest BCUT2D eigenvalue weighted by Gasteiger charge is 2.45. The van der Waals surface area contributed by atoms with Gasteiger partial charge < -0.3 is 29.3 Å². The van der Waals surface area contributed by atoms with Crippen molar-refractivity contribution in [3.63, 3.8) is 0 Å². The molecule has 0 saturated carbocycles. The van der Waals surface area contributed by atoms with Crippen LogP contribution in [0.1, 0.15) is 50.4 Å². The van der Waals surface area contributed by atoms with E-state index in [1.165, 1.54) is 19.2 Å². The normalized spacial score (nSPS) is 20.6. The Morgan fingerprint density at radius 2 is 1.94 bits per heavy atom. The molecule has 10 nitrogen and oxygen atoms in total. The minimum absolute atomic E-state index is 0.118. The van der Waals surface area contributed by atoms with Gasteiger partial charge in [-0.1, -0.05) is 0 Å². The number of ether oxygens (including phenoxy) is 3. The molecule has 2 aliphatic heterocycles. The molecule has 0 spiro atoms. The summed E-state index contributed by atoms with van der Waals surface area (Å²) in [7, 11) is 1.39. The van der Waals surface area contributed by atoms with Crippen molar-refractivity contribution in [3.05, 3.63) is 17.7 Å². The topological polar surface area (TPSA) is 126 Å². The van der Waals surface area contributed by atoms with E-state index < -0.39 is 29.9 Å². The zero-order chi connectivity index (χ0) is 22.9. The summed E-state index contributed by atoms with van der Waals surface area (Å²) in [5.74, 6) is -1.000. The Balaban J connectivity index is 2.10. The predicted molar refractivity (Wildman–Crippen MR) is 110 cm³/mol. The molecule has 0 aromatic heterocycles. The summed E-state index contributed by atoms with van der Waals surface area (Å²) < 4.78 is 16.4. The van der Waals surface area contributed by atoms with Gasteiger partial charge in [0, 0.05) is 12.6 Å². The van der Waals surface area contributed by atoms with Crippen LogP contribution in [0.25, 0.3) is 0 Å². The fourth-order valence-corrected chi connectivity index (χ4v) is 3.78. The Hall–Kier alpha value is -3.01. The zero-order valence-electron chi connectivity index (χ0n) is 18.1. The van der Waals surface area contributed by atoms with Crippen LogP contribution in [0.3, 0.4) is 0 Å². The quantitative estimate of drug-likeness (QED) is 0.720. The summed E-state index contributed by atoms with van der Waals surface area (Å²) in [4.78, 5) is 39.8. The van der Waals surface area contributed by atoms with Crippen molar-refractivity contribution in [2.24, 2.45) is 0 Å². The van der Waals surface area contributed by atoms with E-state index in [9.17, 15) is 19.5 Å². The molecule has 2 atom stereocenters. The van der Waals surface area contributed by atoms with Crippen LogP contribution >= 0.6 is 0 Å². The first-order valence-corrected chi connectivity index (χ1v) is 10.1. The average Bonchev–Trinajstić information content (AvgIpc) is 3.13. The first-order valence-electron chi connectivity index (χ1n) is 10.1. The number of benzene rings is 1. The van der Waals surface area contributed by atoms with E-state index in [-0.39, 0.29) is 41.7 Å². The number of carboxylic acids is 1. The van der Waals surface area contributed by atoms with Crippen molar-refractivity contribution < 1.29 is 38.8 Å². The molecule has 2 amide bonds. The van der Waals surface area contributed by atoms with E-state index in [4.69, 9.17) is 19.3 Å². The molecule has 3 rings (SSSR count). The molecule has 2 N–H and O–H groups in total. The van der Waals surface area contributed by atoms with E-state index in [0.717, 1.165) is 4.90 Å². The minimum atomic E-state index is -1.32. The van der Waals surface area contributed by atoms with E-state index >= 15 is 0 Å². The largest absolute Gasteiger partial charge is 0.493 e. The fraction of sp³-hybridized carbons (Fsp3) is 0.571. The third-order valence-corrected chi connectivity index (χ3v) is 5.10. The van der Waals surface area contributed by atoms with Crippen molar-refractivity contribution in [1.82, 2.24) is 4.90 Å². The maximum atomic E-state index is 13.3. The molecule has 1 aromatic rings. The van der Waals surface area contributed by atoms with Crippen LogP contribution in [0.4, 0.5) is 10.5 Å². The molecular formula is C21H28N2O8. The molecule has 0 aliphatic carbocycles. The molecule has 1 saturated heterocycles. The van der Waals surface area contributed by atoms with Crippen molar-refractivity contribution in [2.45, 2.75) is 57.9 Å². The molecule has 31 heavy (non-hydrogen) atoms. The van der Waals surface area contributed by atoms with Gasteiger partial charge in [0.1, 0.15) is 5.60 Å². The molecule has 0 radical (unpaired) electrons. The highest BCUT2D eigenvalue weighted by Crippen LogP contribution is 2.41. The summed E-state index contributed by atoms with van der Waals surface area (Å²) in [6.07, 6.45) is -1.11. The zero-order valence-corrected chi connectivity index (χ0v) is 18.1. The molecular weight excluding hydrogens is 408 g/mol. The van der Waals surface area contributed by atoms with Gasteiger partial charge in [0.2, 0.25) is 0 Å². The molecule has 1 fully saturated rings. The van der Waals surface area contributed by atoms with Gasteiger partial charge in [-0.05, 0) is 39.7 Å². The number of fused-ring (bicyclic) bond motifs is 2. The number of carbonyl (C=O) groups is 3. The molecule has 1 aromatic carbocycles. The highest BCUT2D eigenvalue weighted by atomic mass is 16.6. The molecule has 10 heteroatoms. The summed E-state index contributed by atoms with van der Waals surface area (Å²) >= 11 is 0. The number of aliphatic hydroxyl groups excluding tert-OH is 1. The third-order valence-electron chi connectivity index (χ3n) is 5.10. The van der Waals surface area contributed by atoms with E-state index in [2.05, 4.69) is 0 Å². The van der Waals surface area contributed by atoms with Gasteiger partial charge in [-0.15, -0.1) is 0 Å². The van der Waals surface area contributed by atoms with Gasteiger partial charge in [-0.25, -0.2) is 9.69 Å².